The summed E-state index contributed by atoms with van der Waals surface area (Å²) < 4.78 is 5.49. The van der Waals surface area contributed by atoms with Gasteiger partial charge in [0.25, 0.3) is 11.8 Å². The smallest absolute Gasteiger partial charge is 0.327 e. The zero-order chi connectivity index (χ0) is 20.5. The zero-order valence-corrected chi connectivity index (χ0v) is 15.4. The van der Waals surface area contributed by atoms with E-state index in [1.165, 1.54) is 6.07 Å². The second-order valence-corrected chi connectivity index (χ2v) is 6.71. The Morgan fingerprint density at radius 3 is 2.69 bits per heavy atom. The number of hydrogen-bond donors (Lipinski definition) is 3. The van der Waals surface area contributed by atoms with Gasteiger partial charge in [0.15, 0.2) is 0 Å². The summed E-state index contributed by atoms with van der Waals surface area (Å²) in [5.74, 6) is -2.35. The van der Waals surface area contributed by atoms with Gasteiger partial charge in [-0.3, -0.25) is 14.5 Å². The first-order chi connectivity index (χ1) is 14.0. The number of carbonyl (C=O) groups is 3. The van der Waals surface area contributed by atoms with Gasteiger partial charge >= 0.3 is 5.97 Å². The third-order valence-corrected chi connectivity index (χ3v) is 4.97. The van der Waals surface area contributed by atoms with Crippen molar-refractivity contribution in [2.75, 3.05) is 13.2 Å². The number of rotatable bonds is 7. The van der Waals surface area contributed by atoms with E-state index in [0.717, 1.165) is 15.8 Å². The molecule has 148 valence electrons. The summed E-state index contributed by atoms with van der Waals surface area (Å²) in [5.41, 5.74) is 7.23. The highest BCUT2D eigenvalue weighted by Crippen LogP contribution is 2.33. The quantitative estimate of drug-likeness (QED) is 0.526. The Hall–Kier alpha value is -3.65. The summed E-state index contributed by atoms with van der Waals surface area (Å²) in [4.78, 5) is 41.9. The van der Waals surface area contributed by atoms with Gasteiger partial charge in [0.1, 0.15) is 18.4 Å². The molecular weight excluding hydrogens is 374 g/mol. The molecule has 0 unspecified atom stereocenters. The van der Waals surface area contributed by atoms with Crippen LogP contribution in [-0.2, 0) is 11.2 Å². The first-order valence-electron chi connectivity index (χ1n) is 9.14. The maximum absolute atomic E-state index is 13.1. The molecule has 0 saturated heterocycles. The van der Waals surface area contributed by atoms with Gasteiger partial charge in [0, 0.05) is 30.1 Å². The van der Waals surface area contributed by atoms with E-state index in [9.17, 15) is 19.5 Å². The van der Waals surface area contributed by atoms with Crippen LogP contribution >= 0.6 is 0 Å². The lowest BCUT2D eigenvalue weighted by atomic mass is 10.0. The van der Waals surface area contributed by atoms with Gasteiger partial charge in [-0.2, -0.15) is 0 Å². The molecule has 0 bridgehead atoms. The van der Waals surface area contributed by atoms with Gasteiger partial charge in [-0.25, -0.2) is 4.79 Å². The molecule has 0 saturated carbocycles. The van der Waals surface area contributed by atoms with Crippen molar-refractivity contribution in [3.63, 3.8) is 0 Å². The van der Waals surface area contributed by atoms with Gasteiger partial charge in [0.05, 0.1) is 11.1 Å². The second-order valence-electron chi connectivity index (χ2n) is 6.71. The number of hydrogen-bond acceptors (Lipinski definition) is 5. The molecule has 8 heteroatoms. The van der Waals surface area contributed by atoms with Crippen molar-refractivity contribution in [1.82, 2.24) is 9.88 Å². The number of nitrogens with two attached hydrogens (primary N) is 1. The Morgan fingerprint density at radius 2 is 1.93 bits per heavy atom. The molecule has 1 atom stereocenters. The number of carboxylic acid groups (broad SMARTS) is 1. The van der Waals surface area contributed by atoms with E-state index in [0.29, 0.717) is 5.56 Å². The summed E-state index contributed by atoms with van der Waals surface area (Å²) in [6, 6.07) is 10.8. The van der Waals surface area contributed by atoms with Gasteiger partial charge < -0.3 is 20.6 Å². The Kier molecular flexibility index (Phi) is 4.77. The van der Waals surface area contributed by atoms with Crippen LogP contribution in [0.25, 0.3) is 10.9 Å². The number of carboxylic acids is 1. The van der Waals surface area contributed by atoms with E-state index in [2.05, 4.69) is 4.98 Å². The lowest BCUT2D eigenvalue weighted by molar-refractivity contribution is -0.141. The molecule has 4 N–H and O–H groups in total. The number of nitrogens with one attached hydrogen (secondary N) is 1. The number of imide groups is 1. The molecule has 8 nitrogen and oxygen atoms in total. The standard InChI is InChI=1S/C21H19N3O5/c22-8-9-29-17-7-3-5-14-18(17)20(26)24(19(14)25)16(21(27)28)10-12-11-23-15-6-2-1-4-13(12)15/h1-7,11,16,23H,8-10,22H2,(H,27,28)/t16-/m0/s1. The minimum atomic E-state index is -1.34. The summed E-state index contributed by atoms with van der Waals surface area (Å²) in [6.07, 6.45) is 1.69. The highest BCUT2D eigenvalue weighted by atomic mass is 16.5. The molecular formula is C21H19N3O5. The molecule has 2 aromatic carbocycles. The summed E-state index contributed by atoms with van der Waals surface area (Å²) in [6.45, 7) is 0.420. The fourth-order valence-electron chi connectivity index (χ4n) is 3.64. The molecule has 1 aliphatic heterocycles. The lowest BCUT2D eigenvalue weighted by Gasteiger charge is -2.22. The second kappa shape index (κ2) is 7.40. The van der Waals surface area contributed by atoms with E-state index in [-0.39, 0.29) is 36.4 Å². The number of aromatic amines is 1. The van der Waals surface area contributed by atoms with Crippen molar-refractivity contribution in [1.29, 1.82) is 0 Å². The van der Waals surface area contributed by atoms with Crippen molar-refractivity contribution in [3.8, 4) is 5.75 Å². The molecule has 0 radical (unpaired) electrons. The maximum Gasteiger partial charge on any atom is 0.327 e. The molecule has 1 aliphatic rings. The molecule has 0 fully saturated rings. The van der Waals surface area contributed by atoms with Crippen LogP contribution in [0.5, 0.6) is 5.75 Å². The number of aromatic nitrogens is 1. The van der Waals surface area contributed by atoms with E-state index >= 15 is 0 Å². The lowest BCUT2D eigenvalue weighted by Crippen LogP contribution is -2.46. The van der Waals surface area contributed by atoms with Crippen LogP contribution in [-0.4, -0.2) is 52.0 Å². The number of H-pyrrole nitrogens is 1. The van der Waals surface area contributed by atoms with E-state index in [4.69, 9.17) is 10.5 Å². The molecule has 3 aromatic rings. The normalized spacial score (nSPS) is 14.3. The average molecular weight is 393 g/mol. The fraction of sp³-hybridized carbons (Fsp3) is 0.190. The maximum atomic E-state index is 13.1. The van der Waals surface area contributed by atoms with Crippen LogP contribution in [0.3, 0.4) is 0 Å². The summed E-state index contributed by atoms with van der Waals surface area (Å²) >= 11 is 0. The molecule has 29 heavy (non-hydrogen) atoms. The van der Waals surface area contributed by atoms with Crippen LogP contribution in [0.4, 0.5) is 0 Å². The first-order valence-corrected chi connectivity index (χ1v) is 9.14. The van der Waals surface area contributed by atoms with Crippen molar-refractivity contribution in [2.24, 2.45) is 5.73 Å². The summed E-state index contributed by atoms with van der Waals surface area (Å²) in [7, 11) is 0. The van der Waals surface area contributed by atoms with Crippen LogP contribution < -0.4 is 10.5 Å². The molecule has 1 aromatic heterocycles. The minimum Gasteiger partial charge on any atom is -0.491 e. The minimum absolute atomic E-state index is 0.0101. The van der Waals surface area contributed by atoms with Crippen molar-refractivity contribution < 1.29 is 24.2 Å². The van der Waals surface area contributed by atoms with Gasteiger partial charge in [-0.1, -0.05) is 24.3 Å². The third kappa shape index (κ3) is 3.13. The van der Waals surface area contributed by atoms with Crippen LogP contribution in [0.15, 0.2) is 48.7 Å². The largest absolute Gasteiger partial charge is 0.491 e. The first kappa shape index (κ1) is 18.7. The van der Waals surface area contributed by atoms with E-state index in [1.807, 2.05) is 24.3 Å². The Bertz CT molecular complexity index is 1120. The topological polar surface area (TPSA) is 126 Å². The number of benzene rings is 2. The van der Waals surface area contributed by atoms with Crippen LogP contribution in [0.1, 0.15) is 26.3 Å². The molecule has 2 heterocycles. The summed E-state index contributed by atoms with van der Waals surface area (Å²) in [5, 5.41) is 10.7. The highest BCUT2D eigenvalue weighted by Gasteiger charge is 2.44. The van der Waals surface area contributed by atoms with E-state index in [1.54, 1.807) is 18.3 Å². The fourth-order valence-corrected chi connectivity index (χ4v) is 3.64. The predicted octanol–water partition coefficient (Wildman–Crippen LogP) is 1.80. The SMILES string of the molecule is NCCOc1cccc2c1C(=O)N([C@@H](Cc1c[nH]c3ccccc13)C(=O)O)C2=O. The molecule has 4 rings (SSSR count). The highest BCUT2D eigenvalue weighted by molar-refractivity contribution is 6.23. The van der Waals surface area contributed by atoms with Crippen molar-refractivity contribution >= 4 is 28.7 Å². The number of carbonyl (C=O) groups excluding carboxylic acids is 2. The number of fused-ring (bicyclic) bond motifs is 2. The number of aliphatic carboxylic acids is 1. The Labute approximate surface area is 165 Å². The molecule has 0 spiro atoms. The van der Waals surface area contributed by atoms with Crippen LogP contribution in [0.2, 0.25) is 0 Å². The third-order valence-electron chi connectivity index (χ3n) is 4.97. The Morgan fingerprint density at radius 1 is 1.14 bits per heavy atom. The van der Waals surface area contributed by atoms with Gasteiger partial charge in [-0.05, 0) is 23.8 Å². The van der Waals surface area contributed by atoms with E-state index < -0.39 is 23.8 Å². The van der Waals surface area contributed by atoms with Gasteiger partial charge in [0.2, 0.25) is 0 Å². The molecule has 2 amide bonds. The molecule has 0 aliphatic carbocycles. The number of nitrogens with zero attached hydrogens (tertiary/aromatic N) is 1. The average Bonchev–Trinajstić information content (AvgIpc) is 3.24. The van der Waals surface area contributed by atoms with Crippen molar-refractivity contribution in [3.05, 3.63) is 65.4 Å². The van der Waals surface area contributed by atoms with Crippen LogP contribution in [0, 0.1) is 0 Å². The zero-order valence-electron chi connectivity index (χ0n) is 15.4. The number of amides is 2. The van der Waals surface area contributed by atoms with Gasteiger partial charge in [-0.15, -0.1) is 0 Å². The Balaban J connectivity index is 1.70. The van der Waals surface area contributed by atoms with Crippen molar-refractivity contribution in [2.45, 2.75) is 12.5 Å². The monoisotopic (exact) mass is 393 g/mol. The number of ether oxygens (including phenoxy) is 1. The number of para-hydroxylation sites is 1. The predicted molar refractivity (Wildman–Crippen MR) is 105 cm³/mol.